The predicted octanol–water partition coefficient (Wildman–Crippen LogP) is 0.737. The normalized spacial score (nSPS) is 16.4. The number of rotatable bonds is 1. The molecule has 0 spiro atoms. The van der Waals surface area contributed by atoms with Crippen LogP contribution in [0, 0.1) is 0 Å². The van der Waals surface area contributed by atoms with Crippen molar-refractivity contribution in [1.29, 1.82) is 0 Å². The highest BCUT2D eigenvalue weighted by molar-refractivity contribution is 6.45. The van der Waals surface area contributed by atoms with Crippen molar-refractivity contribution in [2.45, 2.75) is 19.8 Å². The molecule has 0 bridgehead atoms. The van der Waals surface area contributed by atoms with Crippen LogP contribution in [0.15, 0.2) is 18.2 Å². The van der Waals surface area contributed by atoms with E-state index in [1.807, 2.05) is 16.9 Å². The highest BCUT2D eigenvalue weighted by Gasteiger charge is 2.21. The molecule has 1 aromatic rings. The molecule has 0 unspecified atom stereocenters. The third-order valence-corrected chi connectivity index (χ3v) is 2.80. The summed E-state index contributed by atoms with van der Waals surface area (Å²) in [5.41, 5.74) is 9.13. The van der Waals surface area contributed by atoms with Gasteiger partial charge in [0, 0.05) is 12.2 Å². The van der Waals surface area contributed by atoms with Gasteiger partial charge in [0.15, 0.2) is 0 Å². The van der Waals surface area contributed by atoms with Gasteiger partial charge in [0.05, 0.1) is 0 Å². The Hall–Kier alpha value is -0.995. The minimum atomic E-state index is -0.371. The zero-order valence-electron chi connectivity index (χ0n) is 8.40. The molecule has 0 fully saturated rings. The van der Waals surface area contributed by atoms with Crippen molar-refractivity contribution in [1.82, 2.24) is 4.81 Å². The third kappa shape index (κ3) is 1.76. The Bertz CT molecular complexity index is 341. The number of hydrogen-bond donors (Lipinski definition) is 2. The quantitative estimate of drug-likeness (QED) is 0.507. The van der Waals surface area contributed by atoms with Gasteiger partial charge in [-0.3, -0.25) is 0 Å². The van der Waals surface area contributed by atoms with Crippen molar-refractivity contribution in [2.75, 3.05) is 12.3 Å². The van der Waals surface area contributed by atoms with Gasteiger partial charge in [0.25, 0.3) is 0 Å². The lowest BCUT2D eigenvalue weighted by atomic mass is 9.81. The van der Waals surface area contributed by atoms with Gasteiger partial charge in [-0.25, -0.2) is 0 Å². The predicted molar refractivity (Wildman–Crippen MR) is 58.8 cm³/mol. The lowest BCUT2D eigenvalue weighted by Crippen LogP contribution is -2.40. The maximum atomic E-state index is 9.47. The van der Waals surface area contributed by atoms with Crippen molar-refractivity contribution in [3.05, 3.63) is 29.3 Å². The van der Waals surface area contributed by atoms with Gasteiger partial charge < -0.3 is 15.6 Å². The number of nitrogens with zero attached hydrogens (tertiary/aromatic N) is 1. The second kappa shape index (κ2) is 3.63. The van der Waals surface area contributed by atoms with Crippen LogP contribution < -0.4 is 5.73 Å². The molecule has 14 heavy (non-hydrogen) atoms. The van der Waals surface area contributed by atoms with Gasteiger partial charge in [-0.05, 0) is 43.0 Å². The average molecular weight is 190 g/mol. The number of nitrogen functional groups attached to an aromatic ring is 1. The standard InChI is InChI=1S/C10H15BN2O/c1-11(14)13-5-4-8-2-3-10(12)6-9(8)7-13/h2-3,6,14H,4-5,7,12H2,1H3. The van der Waals surface area contributed by atoms with Gasteiger partial charge in [-0.2, -0.15) is 0 Å². The molecular formula is C10H15BN2O. The van der Waals surface area contributed by atoms with Crippen LogP contribution in [0.5, 0.6) is 0 Å². The molecule has 0 atom stereocenters. The zero-order chi connectivity index (χ0) is 10.1. The molecule has 0 saturated carbocycles. The molecule has 0 saturated heterocycles. The van der Waals surface area contributed by atoms with E-state index in [-0.39, 0.29) is 7.05 Å². The fraction of sp³-hybridized carbons (Fsp3) is 0.400. The maximum absolute atomic E-state index is 9.47. The van der Waals surface area contributed by atoms with E-state index in [0.717, 1.165) is 25.2 Å². The molecule has 3 nitrogen and oxygen atoms in total. The first-order valence-electron chi connectivity index (χ1n) is 4.96. The Morgan fingerprint density at radius 3 is 2.93 bits per heavy atom. The number of fused-ring (bicyclic) bond motifs is 1. The summed E-state index contributed by atoms with van der Waals surface area (Å²) < 4.78 is 0. The van der Waals surface area contributed by atoms with E-state index in [1.54, 1.807) is 6.82 Å². The van der Waals surface area contributed by atoms with Gasteiger partial charge >= 0.3 is 7.05 Å². The van der Waals surface area contributed by atoms with Gasteiger partial charge in [-0.15, -0.1) is 0 Å². The smallest absolute Gasteiger partial charge is 0.376 e. The van der Waals surface area contributed by atoms with Crippen molar-refractivity contribution >= 4 is 12.7 Å². The summed E-state index contributed by atoms with van der Waals surface area (Å²) in [5.74, 6) is 0. The molecule has 1 aliphatic rings. The van der Waals surface area contributed by atoms with Crippen molar-refractivity contribution < 1.29 is 5.02 Å². The van der Waals surface area contributed by atoms with E-state index in [4.69, 9.17) is 5.73 Å². The van der Waals surface area contributed by atoms with Crippen LogP contribution in [0.1, 0.15) is 11.1 Å². The number of anilines is 1. The molecule has 4 heteroatoms. The average Bonchev–Trinajstić information content (AvgIpc) is 2.16. The van der Waals surface area contributed by atoms with Crippen molar-refractivity contribution in [2.24, 2.45) is 0 Å². The van der Waals surface area contributed by atoms with Crippen molar-refractivity contribution in [3.8, 4) is 0 Å². The molecule has 0 amide bonds. The van der Waals surface area contributed by atoms with Crippen LogP contribution in [-0.2, 0) is 13.0 Å². The topological polar surface area (TPSA) is 49.5 Å². The molecule has 1 aliphatic heterocycles. The fourth-order valence-electron chi connectivity index (χ4n) is 1.92. The second-order valence-corrected chi connectivity index (χ2v) is 3.88. The van der Waals surface area contributed by atoms with Crippen molar-refractivity contribution in [3.63, 3.8) is 0 Å². The fourth-order valence-corrected chi connectivity index (χ4v) is 1.92. The Kier molecular flexibility index (Phi) is 2.48. The van der Waals surface area contributed by atoms with E-state index in [9.17, 15) is 5.02 Å². The van der Waals surface area contributed by atoms with Crippen LogP contribution in [0.25, 0.3) is 0 Å². The number of hydrogen-bond acceptors (Lipinski definition) is 3. The first-order chi connectivity index (χ1) is 6.66. The zero-order valence-corrected chi connectivity index (χ0v) is 8.40. The highest BCUT2D eigenvalue weighted by atomic mass is 16.2. The molecule has 1 heterocycles. The van der Waals surface area contributed by atoms with E-state index in [1.165, 1.54) is 11.1 Å². The lowest BCUT2D eigenvalue weighted by molar-refractivity contribution is 0.347. The van der Waals surface area contributed by atoms with Crippen LogP contribution in [-0.4, -0.2) is 23.4 Å². The van der Waals surface area contributed by atoms with Crippen LogP contribution in [0.2, 0.25) is 6.82 Å². The Morgan fingerprint density at radius 1 is 1.43 bits per heavy atom. The number of nitrogens with two attached hydrogens (primary N) is 1. The van der Waals surface area contributed by atoms with Crippen LogP contribution in [0.3, 0.4) is 0 Å². The monoisotopic (exact) mass is 190 g/mol. The number of benzene rings is 1. The molecular weight excluding hydrogens is 175 g/mol. The van der Waals surface area contributed by atoms with E-state index < -0.39 is 0 Å². The third-order valence-electron chi connectivity index (χ3n) is 2.80. The molecule has 1 aromatic carbocycles. The Labute approximate surface area is 84.7 Å². The van der Waals surface area contributed by atoms with E-state index in [2.05, 4.69) is 6.07 Å². The summed E-state index contributed by atoms with van der Waals surface area (Å²) >= 11 is 0. The molecule has 74 valence electrons. The van der Waals surface area contributed by atoms with E-state index in [0.29, 0.717) is 0 Å². The first kappa shape index (κ1) is 9.56. The molecule has 3 N–H and O–H groups in total. The SMILES string of the molecule is CB(O)N1CCc2ccc(N)cc2C1. The molecule has 0 aromatic heterocycles. The second-order valence-electron chi connectivity index (χ2n) is 3.88. The first-order valence-corrected chi connectivity index (χ1v) is 4.96. The summed E-state index contributed by atoms with van der Waals surface area (Å²) in [7, 11) is -0.371. The van der Waals surface area contributed by atoms with Gasteiger partial charge in [0.2, 0.25) is 0 Å². The Morgan fingerprint density at radius 2 is 2.21 bits per heavy atom. The van der Waals surface area contributed by atoms with E-state index >= 15 is 0 Å². The summed E-state index contributed by atoms with van der Waals surface area (Å²) in [6.45, 7) is 3.53. The summed E-state index contributed by atoms with van der Waals surface area (Å²) in [5, 5.41) is 9.47. The van der Waals surface area contributed by atoms with Gasteiger partial charge in [-0.1, -0.05) is 6.07 Å². The summed E-state index contributed by atoms with van der Waals surface area (Å²) in [6, 6.07) is 6.03. The summed E-state index contributed by atoms with van der Waals surface area (Å²) in [6.07, 6.45) is 1.00. The maximum Gasteiger partial charge on any atom is 0.376 e. The van der Waals surface area contributed by atoms with Gasteiger partial charge in [0.1, 0.15) is 0 Å². The molecule has 0 aliphatic carbocycles. The minimum absolute atomic E-state index is 0.371. The Balaban J connectivity index is 2.24. The van der Waals surface area contributed by atoms with Crippen LogP contribution >= 0.6 is 0 Å². The highest BCUT2D eigenvalue weighted by Crippen LogP contribution is 2.21. The minimum Gasteiger partial charge on any atom is -0.437 e. The lowest BCUT2D eigenvalue weighted by Gasteiger charge is -2.29. The molecule has 0 radical (unpaired) electrons. The summed E-state index contributed by atoms with van der Waals surface area (Å²) in [4.78, 5) is 2.04. The largest absolute Gasteiger partial charge is 0.437 e. The molecule has 2 rings (SSSR count). The van der Waals surface area contributed by atoms with Crippen LogP contribution in [0.4, 0.5) is 5.69 Å².